The Morgan fingerprint density at radius 2 is 1.62 bits per heavy atom. The summed E-state index contributed by atoms with van der Waals surface area (Å²) in [6, 6.07) is 24.4. The van der Waals surface area contributed by atoms with E-state index in [-0.39, 0.29) is 18.7 Å². The average Bonchev–Trinajstić information content (AvgIpc) is 3.35. The number of carbonyl (C=O) groups excluding carboxylic acids is 2. The number of nitrogens with one attached hydrogen (secondary N) is 3. The summed E-state index contributed by atoms with van der Waals surface area (Å²) < 4.78 is 5.80. The number of amides is 2. The van der Waals surface area contributed by atoms with Crippen molar-refractivity contribution in [2.45, 2.75) is 18.9 Å². The van der Waals surface area contributed by atoms with Crippen LogP contribution < -0.4 is 16.0 Å². The Balaban J connectivity index is 1.21. The summed E-state index contributed by atoms with van der Waals surface area (Å²) in [6.07, 6.45) is 2.80. The number of carbonyl (C=O) groups is 3. The maximum atomic E-state index is 12.7. The third-order valence-corrected chi connectivity index (χ3v) is 6.07. The van der Waals surface area contributed by atoms with Gasteiger partial charge in [0.05, 0.1) is 18.9 Å². The monoisotopic (exact) mass is 535 g/mol. The zero-order chi connectivity index (χ0) is 27.9. The zero-order valence-electron chi connectivity index (χ0n) is 21.2. The SMILES string of the molecule is O=C(O)C[C@H](NC(=O)c1ccncc1)c1ccc(NC(=O)Cc2ccc3nc(Nc4ccccc4)oc3c2)cc1. The Morgan fingerprint density at radius 3 is 2.35 bits per heavy atom. The summed E-state index contributed by atoms with van der Waals surface area (Å²) in [4.78, 5) is 45.0. The average molecular weight is 536 g/mol. The molecule has 5 aromatic rings. The van der Waals surface area contributed by atoms with Gasteiger partial charge < -0.3 is 25.5 Å². The van der Waals surface area contributed by atoms with Crippen LogP contribution in [0.25, 0.3) is 11.1 Å². The molecule has 0 radical (unpaired) electrons. The standard InChI is InChI=1S/C30H25N5O5/c36-27(17-19-6-11-24-26(16-19)40-30(35-24)33-22-4-2-1-3-5-22)32-23-9-7-20(8-10-23)25(18-28(37)38)34-29(39)21-12-14-31-15-13-21/h1-16,25H,17-18H2,(H,32,36)(H,33,35)(H,34,39)(H,37,38)/t25-/m0/s1. The minimum atomic E-state index is -1.05. The van der Waals surface area contributed by atoms with E-state index >= 15 is 0 Å². The minimum Gasteiger partial charge on any atom is -0.481 e. The van der Waals surface area contributed by atoms with Crippen molar-refractivity contribution < 1.29 is 23.9 Å². The summed E-state index contributed by atoms with van der Waals surface area (Å²) in [5.41, 5.74) is 4.35. The fourth-order valence-corrected chi connectivity index (χ4v) is 4.14. The lowest BCUT2D eigenvalue weighted by Gasteiger charge is -2.18. The van der Waals surface area contributed by atoms with Crippen LogP contribution in [0.5, 0.6) is 0 Å². The first-order chi connectivity index (χ1) is 19.4. The van der Waals surface area contributed by atoms with E-state index in [1.165, 1.54) is 12.4 Å². The molecule has 0 bridgehead atoms. The van der Waals surface area contributed by atoms with Crippen molar-refractivity contribution in [1.82, 2.24) is 15.3 Å². The molecule has 0 spiro atoms. The molecule has 4 N–H and O–H groups in total. The van der Waals surface area contributed by atoms with Crippen LogP contribution in [0.15, 0.2) is 102 Å². The molecule has 40 heavy (non-hydrogen) atoms. The van der Waals surface area contributed by atoms with Crippen LogP contribution in [0.1, 0.15) is 33.9 Å². The highest BCUT2D eigenvalue weighted by Gasteiger charge is 2.19. The number of oxazole rings is 1. The number of aliphatic carboxylic acids is 1. The first kappa shape index (κ1) is 26.1. The molecular formula is C30H25N5O5. The molecule has 10 nitrogen and oxygen atoms in total. The number of anilines is 3. The first-order valence-electron chi connectivity index (χ1n) is 12.5. The Morgan fingerprint density at radius 1 is 0.875 bits per heavy atom. The van der Waals surface area contributed by atoms with Crippen LogP contribution in [-0.2, 0) is 16.0 Å². The van der Waals surface area contributed by atoms with Crippen molar-refractivity contribution in [3.8, 4) is 0 Å². The smallest absolute Gasteiger partial charge is 0.305 e. The van der Waals surface area contributed by atoms with Gasteiger partial charge in [-0.2, -0.15) is 4.98 Å². The maximum Gasteiger partial charge on any atom is 0.305 e. The van der Waals surface area contributed by atoms with E-state index in [9.17, 15) is 19.5 Å². The number of nitrogens with zero attached hydrogens (tertiary/aromatic N) is 2. The molecule has 1 atom stereocenters. The van der Waals surface area contributed by atoms with Crippen molar-refractivity contribution in [3.63, 3.8) is 0 Å². The summed E-state index contributed by atoms with van der Waals surface area (Å²) in [5, 5.41) is 18.0. The zero-order valence-corrected chi connectivity index (χ0v) is 21.2. The lowest BCUT2D eigenvalue weighted by Crippen LogP contribution is -2.30. The molecule has 0 unspecified atom stereocenters. The van der Waals surface area contributed by atoms with Gasteiger partial charge in [0.25, 0.3) is 11.9 Å². The van der Waals surface area contributed by atoms with Crippen LogP contribution in [0.3, 0.4) is 0 Å². The van der Waals surface area contributed by atoms with Crippen LogP contribution in [0.4, 0.5) is 17.4 Å². The molecule has 0 aliphatic rings. The molecule has 0 saturated carbocycles. The van der Waals surface area contributed by atoms with Gasteiger partial charge in [0.1, 0.15) is 5.52 Å². The van der Waals surface area contributed by atoms with E-state index in [0.717, 1.165) is 11.3 Å². The van der Waals surface area contributed by atoms with Gasteiger partial charge in [-0.15, -0.1) is 0 Å². The highest BCUT2D eigenvalue weighted by atomic mass is 16.4. The van der Waals surface area contributed by atoms with Gasteiger partial charge in [0, 0.05) is 29.3 Å². The normalized spacial score (nSPS) is 11.5. The highest BCUT2D eigenvalue weighted by molar-refractivity contribution is 5.95. The molecule has 200 valence electrons. The molecular weight excluding hydrogens is 510 g/mol. The fraction of sp³-hybridized carbons (Fsp3) is 0.100. The van der Waals surface area contributed by atoms with E-state index < -0.39 is 17.9 Å². The van der Waals surface area contributed by atoms with E-state index in [1.807, 2.05) is 36.4 Å². The number of para-hydroxylation sites is 1. The van der Waals surface area contributed by atoms with Crippen LogP contribution in [-0.4, -0.2) is 32.9 Å². The number of hydrogen-bond donors (Lipinski definition) is 4. The van der Waals surface area contributed by atoms with E-state index in [4.69, 9.17) is 4.42 Å². The van der Waals surface area contributed by atoms with E-state index in [2.05, 4.69) is 25.9 Å². The van der Waals surface area contributed by atoms with Crippen molar-refractivity contribution in [3.05, 3.63) is 114 Å². The minimum absolute atomic E-state index is 0.115. The molecule has 5 rings (SSSR count). The van der Waals surface area contributed by atoms with Gasteiger partial charge in [0.15, 0.2) is 5.58 Å². The molecule has 2 aromatic heterocycles. The molecule has 0 aliphatic carbocycles. The quantitative estimate of drug-likeness (QED) is 0.193. The maximum absolute atomic E-state index is 12.7. The third-order valence-electron chi connectivity index (χ3n) is 6.07. The number of rotatable bonds is 10. The molecule has 2 heterocycles. The molecule has 10 heteroatoms. The molecule has 0 aliphatic heterocycles. The van der Waals surface area contributed by atoms with Crippen LogP contribution in [0, 0.1) is 0 Å². The second kappa shape index (κ2) is 11.9. The lowest BCUT2D eigenvalue weighted by atomic mass is 10.0. The van der Waals surface area contributed by atoms with Crippen molar-refractivity contribution in [2.75, 3.05) is 10.6 Å². The Kier molecular flexibility index (Phi) is 7.77. The van der Waals surface area contributed by atoms with Crippen LogP contribution in [0.2, 0.25) is 0 Å². The topological polar surface area (TPSA) is 146 Å². The fourth-order valence-electron chi connectivity index (χ4n) is 4.14. The second-order valence-electron chi connectivity index (χ2n) is 9.02. The molecule has 3 aromatic carbocycles. The van der Waals surface area contributed by atoms with Crippen molar-refractivity contribution in [1.29, 1.82) is 0 Å². The number of carboxylic acids is 1. The van der Waals surface area contributed by atoms with Gasteiger partial charge in [-0.1, -0.05) is 36.4 Å². The summed E-state index contributed by atoms with van der Waals surface area (Å²) in [6.45, 7) is 0. The first-order valence-corrected chi connectivity index (χ1v) is 12.5. The van der Waals surface area contributed by atoms with E-state index in [1.54, 1.807) is 48.5 Å². The lowest BCUT2D eigenvalue weighted by molar-refractivity contribution is -0.137. The number of fused-ring (bicyclic) bond motifs is 1. The number of carboxylic acid groups (broad SMARTS) is 1. The number of benzene rings is 3. The van der Waals surface area contributed by atoms with Gasteiger partial charge in [-0.3, -0.25) is 19.4 Å². The summed E-state index contributed by atoms with van der Waals surface area (Å²) in [7, 11) is 0. The number of aromatic nitrogens is 2. The number of hydrogen-bond acceptors (Lipinski definition) is 7. The highest BCUT2D eigenvalue weighted by Crippen LogP contribution is 2.24. The van der Waals surface area contributed by atoms with Gasteiger partial charge in [-0.25, -0.2) is 0 Å². The van der Waals surface area contributed by atoms with Gasteiger partial charge in [-0.05, 0) is 59.7 Å². The van der Waals surface area contributed by atoms with Gasteiger partial charge in [0.2, 0.25) is 5.91 Å². The molecule has 0 saturated heterocycles. The van der Waals surface area contributed by atoms with E-state index in [0.29, 0.717) is 33.9 Å². The Labute approximate surface area is 229 Å². The van der Waals surface area contributed by atoms with Gasteiger partial charge >= 0.3 is 5.97 Å². The van der Waals surface area contributed by atoms with Crippen LogP contribution >= 0.6 is 0 Å². The predicted molar refractivity (Wildman–Crippen MR) is 149 cm³/mol. The Hall–Kier alpha value is -5.51. The molecule has 0 fully saturated rings. The molecule has 2 amide bonds. The van der Waals surface area contributed by atoms with Crippen molar-refractivity contribution >= 4 is 46.3 Å². The second-order valence-corrected chi connectivity index (χ2v) is 9.02. The van der Waals surface area contributed by atoms with Crippen molar-refractivity contribution in [2.24, 2.45) is 0 Å². The predicted octanol–water partition coefficient (Wildman–Crippen LogP) is 5.09. The number of pyridine rings is 1. The third kappa shape index (κ3) is 6.67. The summed E-state index contributed by atoms with van der Waals surface area (Å²) >= 11 is 0. The Bertz CT molecular complexity index is 1640. The largest absolute Gasteiger partial charge is 0.481 e. The summed E-state index contributed by atoms with van der Waals surface area (Å²) in [5.74, 6) is -1.69.